The van der Waals surface area contributed by atoms with E-state index >= 15 is 0 Å². The van der Waals surface area contributed by atoms with E-state index in [9.17, 15) is 4.79 Å². The van der Waals surface area contributed by atoms with Crippen LogP contribution in [0, 0.1) is 0 Å². The lowest BCUT2D eigenvalue weighted by molar-refractivity contribution is -0.122. The molecule has 1 heterocycles. The number of amides is 1. The first kappa shape index (κ1) is 14.4. The maximum atomic E-state index is 11.2. The van der Waals surface area contributed by atoms with Crippen LogP contribution in [0.4, 0.5) is 0 Å². The van der Waals surface area contributed by atoms with Crippen LogP contribution >= 0.6 is 0 Å². The highest BCUT2D eigenvalue weighted by Crippen LogP contribution is 2.18. The summed E-state index contributed by atoms with van der Waals surface area (Å²) in [6, 6.07) is 0.924. The maximum absolute atomic E-state index is 11.2. The fourth-order valence-electron chi connectivity index (χ4n) is 2.66. The molecule has 2 atom stereocenters. The van der Waals surface area contributed by atoms with Crippen LogP contribution in [0.15, 0.2) is 0 Å². The summed E-state index contributed by atoms with van der Waals surface area (Å²) in [5.41, 5.74) is 2.20. The van der Waals surface area contributed by atoms with Gasteiger partial charge in [-0.2, -0.15) is 0 Å². The largest absolute Gasteiger partial charge is 0.300 e. The van der Waals surface area contributed by atoms with Crippen molar-refractivity contribution < 1.29 is 4.79 Å². The van der Waals surface area contributed by atoms with Gasteiger partial charge in [0, 0.05) is 31.6 Å². The lowest BCUT2D eigenvalue weighted by Gasteiger charge is -2.28. The van der Waals surface area contributed by atoms with Crippen molar-refractivity contribution in [2.75, 3.05) is 26.2 Å². The Morgan fingerprint density at radius 2 is 2.18 bits per heavy atom. The summed E-state index contributed by atoms with van der Waals surface area (Å²) in [7, 11) is 0. The number of hydrogen-bond acceptors (Lipinski definition) is 4. The Hall–Kier alpha value is -0.650. The van der Waals surface area contributed by atoms with Crippen LogP contribution in [0.1, 0.15) is 33.6 Å². The standard InChI is InChI=1S/C12H26N4O/c1-4-15(5-2)11-6-7-16(9-11)10(3)8-12(17)14-13/h10-11H,4-9,13H2,1-3H3,(H,14,17). The highest BCUT2D eigenvalue weighted by atomic mass is 16.2. The van der Waals surface area contributed by atoms with Gasteiger partial charge in [0.25, 0.3) is 0 Å². The van der Waals surface area contributed by atoms with Gasteiger partial charge in [-0.15, -0.1) is 0 Å². The van der Waals surface area contributed by atoms with E-state index in [1.165, 1.54) is 6.42 Å². The van der Waals surface area contributed by atoms with Gasteiger partial charge in [0.05, 0.1) is 0 Å². The Bertz CT molecular complexity index is 243. The monoisotopic (exact) mass is 242 g/mol. The van der Waals surface area contributed by atoms with E-state index < -0.39 is 0 Å². The summed E-state index contributed by atoms with van der Waals surface area (Å²) in [6.45, 7) is 10.9. The molecule has 0 aromatic heterocycles. The molecule has 0 aromatic carbocycles. The SMILES string of the molecule is CCN(CC)C1CCN(C(C)CC(=O)NN)C1. The number of nitrogens with two attached hydrogens (primary N) is 1. The molecule has 0 radical (unpaired) electrons. The molecule has 0 bridgehead atoms. The summed E-state index contributed by atoms with van der Waals surface area (Å²) in [5, 5.41) is 0. The van der Waals surface area contributed by atoms with E-state index in [4.69, 9.17) is 5.84 Å². The van der Waals surface area contributed by atoms with Gasteiger partial charge >= 0.3 is 0 Å². The zero-order valence-corrected chi connectivity index (χ0v) is 11.3. The number of rotatable bonds is 6. The van der Waals surface area contributed by atoms with Crippen molar-refractivity contribution in [3.63, 3.8) is 0 Å². The molecular weight excluding hydrogens is 216 g/mol. The van der Waals surface area contributed by atoms with Gasteiger partial charge in [-0.3, -0.25) is 20.0 Å². The van der Waals surface area contributed by atoms with E-state index in [-0.39, 0.29) is 11.9 Å². The molecular formula is C12H26N4O. The van der Waals surface area contributed by atoms with Gasteiger partial charge < -0.3 is 0 Å². The van der Waals surface area contributed by atoms with Crippen molar-refractivity contribution in [3.8, 4) is 0 Å². The zero-order chi connectivity index (χ0) is 12.8. The van der Waals surface area contributed by atoms with Crippen LogP contribution in [-0.2, 0) is 4.79 Å². The predicted molar refractivity (Wildman–Crippen MR) is 69.3 cm³/mol. The molecule has 1 rings (SSSR count). The molecule has 0 spiro atoms. The fraction of sp³-hybridized carbons (Fsp3) is 0.917. The number of carbonyl (C=O) groups is 1. The van der Waals surface area contributed by atoms with E-state index in [1.54, 1.807) is 0 Å². The third-order valence-electron chi connectivity index (χ3n) is 3.79. The summed E-state index contributed by atoms with van der Waals surface area (Å²) in [4.78, 5) is 16.1. The minimum Gasteiger partial charge on any atom is -0.300 e. The maximum Gasteiger partial charge on any atom is 0.235 e. The van der Waals surface area contributed by atoms with Crippen molar-refractivity contribution in [3.05, 3.63) is 0 Å². The lowest BCUT2D eigenvalue weighted by Crippen LogP contribution is -2.41. The molecule has 5 heteroatoms. The summed E-state index contributed by atoms with van der Waals surface area (Å²) < 4.78 is 0. The van der Waals surface area contributed by atoms with Crippen LogP contribution in [0.25, 0.3) is 0 Å². The Morgan fingerprint density at radius 1 is 1.53 bits per heavy atom. The molecule has 17 heavy (non-hydrogen) atoms. The lowest BCUT2D eigenvalue weighted by atomic mass is 10.2. The number of likely N-dealkylation sites (tertiary alicyclic amines) is 1. The number of likely N-dealkylation sites (N-methyl/N-ethyl adjacent to an activating group) is 1. The second-order valence-corrected chi connectivity index (χ2v) is 4.78. The number of hydrazine groups is 1. The Labute approximate surface area is 104 Å². The minimum atomic E-state index is -0.0798. The first-order valence-corrected chi connectivity index (χ1v) is 6.59. The summed E-state index contributed by atoms with van der Waals surface area (Å²) in [5.74, 6) is 5.03. The molecule has 1 fully saturated rings. The number of nitrogens with zero attached hydrogens (tertiary/aromatic N) is 2. The van der Waals surface area contributed by atoms with Crippen LogP contribution < -0.4 is 11.3 Å². The highest BCUT2D eigenvalue weighted by Gasteiger charge is 2.29. The van der Waals surface area contributed by atoms with Crippen molar-refractivity contribution in [1.82, 2.24) is 15.2 Å². The highest BCUT2D eigenvalue weighted by molar-refractivity contribution is 5.75. The zero-order valence-electron chi connectivity index (χ0n) is 11.3. The number of hydrogen-bond donors (Lipinski definition) is 2. The smallest absolute Gasteiger partial charge is 0.235 e. The van der Waals surface area contributed by atoms with Crippen molar-refractivity contribution in [2.24, 2.45) is 5.84 Å². The Kier molecular flexibility index (Phi) is 5.88. The van der Waals surface area contributed by atoms with Gasteiger partial charge in [-0.05, 0) is 26.4 Å². The molecule has 1 aliphatic heterocycles. The molecule has 3 N–H and O–H groups in total. The first-order chi connectivity index (χ1) is 8.12. The van der Waals surface area contributed by atoms with Gasteiger partial charge in [0.1, 0.15) is 0 Å². The van der Waals surface area contributed by atoms with E-state index in [2.05, 4.69) is 36.0 Å². The minimum absolute atomic E-state index is 0.0798. The van der Waals surface area contributed by atoms with E-state index in [0.29, 0.717) is 12.5 Å². The molecule has 5 nitrogen and oxygen atoms in total. The predicted octanol–water partition coefficient (Wildman–Crippen LogP) is 0.171. The van der Waals surface area contributed by atoms with Crippen LogP contribution in [0.2, 0.25) is 0 Å². The van der Waals surface area contributed by atoms with Crippen LogP contribution in [0.3, 0.4) is 0 Å². The summed E-state index contributed by atoms with van der Waals surface area (Å²) >= 11 is 0. The topological polar surface area (TPSA) is 61.6 Å². The average molecular weight is 242 g/mol. The molecule has 0 aromatic rings. The quantitative estimate of drug-likeness (QED) is 0.396. The average Bonchev–Trinajstić information content (AvgIpc) is 2.80. The van der Waals surface area contributed by atoms with Crippen LogP contribution in [0.5, 0.6) is 0 Å². The first-order valence-electron chi connectivity index (χ1n) is 6.59. The molecule has 100 valence electrons. The van der Waals surface area contributed by atoms with Crippen molar-refractivity contribution in [1.29, 1.82) is 0 Å². The molecule has 2 unspecified atom stereocenters. The molecule has 1 saturated heterocycles. The van der Waals surface area contributed by atoms with E-state index in [0.717, 1.165) is 26.2 Å². The fourth-order valence-corrected chi connectivity index (χ4v) is 2.66. The van der Waals surface area contributed by atoms with E-state index in [1.807, 2.05) is 0 Å². The van der Waals surface area contributed by atoms with Gasteiger partial charge in [-0.1, -0.05) is 13.8 Å². The molecule has 1 aliphatic rings. The Morgan fingerprint density at radius 3 is 2.71 bits per heavy atom. The van der Waals surface area contributed by atoms with Crippen molar-refractivity contribution >= 4 is 5.91 Å². The number of nitrogens with one attached hydrogen (secondary N) is 1. The number of carbonyl (C=O) groups excluding carboxylic acids is 1. The van der Waals surface area contributed by atoms with Crippen LogP contribution in [-0.4, -0.2) is 54.0 Å². The molecule has 0 aliphatic carbocycles. The second-order valence-electron chi connectivity index (χ2n) is 4.78. The molecule has 1 amide bonds. The third-order valence-corrected chi connectivity index (χ3v) is 3.79. The van der Waals surface area contributed by atoms with Crippen molar-refractivity contribution in [2.45, 2.75) is 45.7 Å². The van der Waals surface area contributed by atoms with Gasteiger partial charge in [-0.25, -0.2) is 5.84 Å². The summed E-state index contributed by atoms with van der Waals surface area (Å²) in [6.07, 6.45) is 1.69. The third kappa shape index (κ3) is 3.94. The van der Waals surface area contributed by atoms with Gasteiger partial charge in [0.15, 0.2) is 0 Å². The Balaban J connectivity index is 2.41. The second kappa shape index (κ2) is 6.93. The normalized spacial score (nSPS) is 23.0. The molecule has 0 saturated carbocycles. The van der Waals surface area contributed by atoms with Gasteiger partial charge in [0.2, 0.25) is 5.91 Å².